The normalized spacial score (nSPS) is 12.1. The molecular weight excluding hydrogens is 390 g/mol. The van der Waals surface area contributed by atoms with Gasteiger partial charge in [0.15, 0.2) is 0 Å². The summed E-state index contributed by atoms with van der Waals surface area (Å²) in [6.07, 6.45) is 5.88. The summed E-state index contributed by atoms with van der Waals surface area (Å²) in [5, 5.41) is 2.46. The molecule has 0 saturated carbocycles. The average Bonchev–Trinajstić information content (AvgIpc) is 3.19. The van der Waals surface area contributed by atoms with Gasteiger partial charge in [0, 0.05) is 16.3 Å². The number of hydrogen-bond acceptors (Lipinski definition) is 2. The number of hydrogen-bond donors (Lipinski definition) is 0. The minimum Gasteiger partial charge on any atom is -0.309 e. The molecule has 0 amide bonds. The zero-order valence-electron chi connectivity index (χ0n) is 17.9. The first-order chi connectivity index (χ1) is 15.8. The van der Waals surface area contributed by atoms with Crippen LogP contribution in [-0.4, -0.2) is 16.3 Å². The summed E-state index contributed by atoms with van der Waals surface area (Å²) < 4.78 is 2.30. The van der Waals surface area contributed by atoms with Gasteiger partial charge in [0.05, 0.1) is 33.8 Å². The monoisotopic (exact) mass is 413 g/mol. The van der Waals surface area contributed by atoms with E-state index in [0.717, 1.165) is 39.4 Å². The van der Waals surface area contributed by atoms with Crippen LogP contribution in [0.3, 0.4) is 0 Å². The second kappa shape index (κ2) is 8.48. The van der Waals surface area contributed by atoms with E-state index in [1.807, 2.05) is 43.4 Å². The Balaban J connectivity index is 1.85. The summed E-state index contributed by atoms with van der Waals surface area (Å²) >= 11 is 0. The number of rotatable bonds is 5. The third-order valence-corrected chi connectivity index (χ3v) is 5.60. The Morgan fingerprint density at radius 1 is 0.844 bits per heavy atom. The maximum atomic E-state index is 4.95. The number of aromatic nitrogens is 2. The van der Waals surface area contributed by atoms with Crippen molar-refractivity contribution in [3.63, 3.8) is 0 Å². The van der Waals surface area contributed by atoms with E-state index in [-0.39, 0.29) is 0 Å². The number of fused-ring (bicyclic) bond motifs is 3. The van der Waals surface area contributed by atoms with Crippen LogP contribution in [0.1, 0.15) is 12.6 Å². The molecule has 0 aliphatic rings. The first-order valence-electron chi connectivity index (χ1n) is 10.7. The second-order valence-electron chi connectivity index (χ2n) is 7.57. The molecule has 0 fully saturated rings. The molecule has 3 nitrogen and oxygen atoms in total. The number of para-hydroxylation sites is 2. The van der Waals surface area contributed by atoms with Crippen LogP contribution < -0.4 is 0 Å². The Morgan fingerprint density at radius 3 is 2.09 bits per heavy atom. The molecule has 0 atom stereocenters. The Morgan fingerprint density at radius 2 is 1.47 bits per heavy atom. The van der Waals surface area contributed by atoms with E-state index in [2.05, 4.69) is 89.1 Å². The molecule has 0 aliphatic carbocycles. The van der Waals surface area contributed by atoms with Crippen LogP contribution in [0.15, 0.2) is 114 Å². The molecule has 5 aromatic rings. The highest BCUT2D eigenvalue weighted by atomic mass is 15.0. The van der Waals surface area contributed by atoms with E-state index >= 15 is 0 Å². The fraction of sp³-hybridized carbons (Fsp3) is 0.0345. The topological polar surface area (TPSA) is 30.2 Å². The Bertz CT molecular complexity index is 1430. The lowest BCUT2D eigenvalue weighted by Gasteiger charge is -2.13. The van der Waals surface area contributed by atoms with Crippen LogP contribution in [0.5, 0.6) is 0 Å². The highest BCUT2D eigenvalue weighted by Gasteiger charge is 2.15. The van der Waals surface area contributed by atoms with E-state index < -0.39 is 0 Å². The van der Waals surface area contributed by atoms with Crippen molar-refractivity contribution >= 4 is 34.2 Å². The molecule has 2 heterocycles. The van der Waals surface area contributed by atoms with Gasteiger partial charge >= 0.3 is 0 Å². The van der Waals surface area contributed by atoms with E-state index in [1.54, 1.807) is 0 Å². The van der Waals surface area contributed by atoms with Gasteiger partial charge in [-0.05, 0) is 44.0 Å². The van der Waals surface area contributed by atoms with Crippen LogP contribution in [0.4, 0.5) is 0 Å². The molecule has 0 N–H and O–H groups in total. The van der Waals surface area contributed by atoms with Gasteiger partial charge in [-0.15, -0.1) is 0 Å². The van der Waals surface area contributed by atoms with Crippen molar-refractivity contribution in [2.45, 2.75) is 6.92 Å². The molecule has 0 saturated heterocycles. The van der Waals surface area contributed by atoms with Crippen molar-refractivity contribution in [3.05, 3.63) is 115 Å². The van der Waals surface area contributed by atoms with Gasteiger partial charge in [0.2, 0.25) is 0 Å². The molecule has 0 spiro atoms. The van der Waals surface area contributed by atoms with Gasteiger partial charge < -0.3 is 4.57 Å². The molecule has 32 heavy (non-hydrogen) atoms. The van der Waals surface area contributed by atoms with Crippen LogP contribution in [0.25, 0.3) is 44.4 Å². The molecule has 0 unspecified atom stereocenters. The van der Waals surface area contributed by atoms with Gasteiger partial charge in [0.25, 0.3) is 0 Å². The second-order valence-corrected chi connectivity index (χ2v) is 7.57. The first-order valence-corrected chi connectivity index (χ1v) is 10.7. The smallest absolute Gasteiger partial charge is 0.0914 e. The summed E-state index contributed by atoms with van der Waals surface area (Å²) in [5.74, 6) is 0. The zero-order valence-corrected chi connectivity index (χ0v) is 17.9. The van der Waals surface area contributed by atoms with E-state index in [0.29, 0.717) is 0 Å². The van der Waals surface area contributed by atoms with E-state index in [9.17, 15) is 0 Å². The van der Waals surface area contributed by atoms with E-state index in [1.165, 1.54) is 10.8 Å². The van der Waals surface area contributed by atoms with Crippen molar-refractivity contribution in [2.24, 2.45) is 4.99 Å². The fourth-order valence-corrected chi connectivity index (χ4v) is 4.14. The van der Waals surface area contributed by atoms with Crippen LogP contribution >= 0.6 is 0 Å². The van der Waals surface area contributed by atoms with Gasteiger partial charge in [-0.3, -0.25) is 4.99 Å². The van der Waals surface area contributed by atoms with Crippen molar-refractivity contribution in [1.29, 1.82) is 0 Å². The lowest BCUT2D eigenvalue weighted by atomic mass is 10.1. The molecule has 3 aromatic carbocycles. The minimum absolute atomic E-state index is 0.739. The predicted molar refractivity (Wildman–Crippen MR) is 136 cm³/mol. The van der Waals surface area contributed by atoms with Crippen molar-refractivity contribution in [2.75, 3.05) is 0 Å². The van der Waals surface area contributed by atoms with Gasteiger partial charge in [-0.25, -0.2) is 4.98 Å². The lowest BCUT2D eigenvalue weighted by Crippen LogP contribution is -1.99. The lowest BCUT2D eigenvalue weighted by molar-refractivity contribution is 1.14. The number of aliphatic imine (C=N–C) groups is 1. The number of pyridine rings is 1. The summed E-state index contributed by atoms with van der Waals surface area (Å²) in [7, 11) is 0. The molecule has 0 radical (unpaired) electrons. The van der Waals surface area contributed by atoms with Gasteiger partial charge in [-0.1, -0.05) is 78.9 Å². The maximum Gasteiger partial charge on any atom is 0.0914 e. The Hall–Kier alpha value is -4.24. The Labute approximate surface area is 187 Å². The highest BCUT2D eigenvalue weighted by molar-refractivity contribution is 6.09. The van der Waals surface area contributed by atoms with Crippen molar-refractivity contribution < 1.29 is 0 Å². The van der Waals surface area contributed by atoms with Crippen LogP contribution in [-0.2, 0) is 0 Å². The van der Waals surface area contributed by atoms with Crippen molar-refractivity contribution in [1.82, 2.24) is 9.55 Å². The maximum absolute atomic E-state index is 4.95. The third kappa shape index (κ3) is 3.44. The quantitative estimate of drug-likeness (QED) is 0.217. The molecule has 2 aromatic heterocycles. The molecular formula is C29H23N3. The average molecular weight is 414 g/mol. The van der Waals surface area contributed by atoms with Gasteiger partial charge in [0.1, 0.15) is 0 Å². The number of nitrogens with zero attached hydrogens (tertiary/aromatic N) is 3. The summed E-state index contributed by atoms with van der Waals surface area (Å²) in [6, 6.07) is 31.5. The standard InChI is InChI=1S/C29H23N3/c1-3-4-16-25(30-2)27-20-22(19-26(31-27)21-12-6-5-7-13-21)32-28-17-10-8-14-23(28)24-15-9-11-18-29(24)32/h3-20H,2H2,1H3/b4-3-,25-16-. The highest BCUT2D eigenvalue weighted by Crippen LogP contribution is 2.34. The summed E-state index contributed by atoms with van der Waals surface area (Å²) in [6.45, 7) is 5.77. The largest absolute Gasteiger partial charge is 0.309 e. The summed E-state index contributed by atoms with van der Waals surface area (Å²) in [5.41, 5.74) is 6.85. The minimum atomic E-state index is 0.739. The molecule has 154 valence electrons. The zero-order chi connectivity index (χ0) is 21.9. The van der Waals surface area contributed by atoms with Crippen LogP contribution in [0.2, 0.25) is 0 Å². The van der Waals surface area contributed by atoms with Crippen molar-refractivity contribution in [3.8, 4) is 16.9 Å². The van der Waals surface area contributed by atoms with Gasteiger partial charge in [-0.2, -0.15) is 0 Å². The predicted octanol–water partition coefficient (Wildman–Crippen LogP) is 7.46. The molecule has 3 heteroatoms. The number of allylic oxidation sites excluding steroid dienone is 3. The first kappa shape index (κ1) is 19.7. The van der Waals surface area contributed by atoms with E-state index in [4.69, 9.17) is 4.98 Å². The molecule has 0 aliphatic heterocycles. The van der Waals surface area contributed by atoms with Crippen LogP contribution in [0, 0.1) is 0 Å². The molecule has 5 rings (SSSR count). The summed E-state index contributed by atoms with van der Waals surface area (Å²) in [4.78, 5) is 9.21. The molecule has 0 bridgehead atoms. The Kier molecular flexibility index (Phi) is 5.22. The number of benzene rings is 3. The fourth-order valence-electron chi connectivity index (χ4n) is 4.14. The SMILES string of the molecule is C=N/C(=C\C=C/C)c1cc(-n2c3ccccc3c3ccccc32)cc(-c2ccccc2)n1. The third-order valence-electron chi connectivity index (χ3n) is 5.60.